The molecule has 0 aliphatic rings. The van der Waals surface area contributed by atoms with Crippen molar-refractivity contribution in [1.82, 2.24) is 10.1 Å². The molecule has 0 saturated carbocycles. The maximum absolute atomic E-state index is 4.62. The molecule has 2 rings (SSSR count). The summed E-state index contributed by atoms with van der Waals surface area (Å²) in [7, 11) is 0. The number of benzene rings is 1. The van der Waals surface area contributed by atoms with Gasteiger partial charge in [-0.25, -0.2) is 0 Å². The summed E-state index contributed by atoms with van der Waals surface area (Å²) < 4.78 is 4.62. The van der Waals surface area contributed by atoms with Crippen molar-refractivity contribution >= 4 is 23.9 Å². The highest BCUT2D eigenvalue weighted by Crippen LogP contribution is 2.15. The second kappa shape index (κ2) is 4.79. The fourth-order valence-electron chi connectivity index (χ4n) is 1.14. The molecule has 0 saturated heterocycles. The molecule has 0 N–H and O–H groups in total. The molecule has 0 atom stereocenters. The zero-order chi connectivity index (χ0) is 10.5. The first-order valence-corrected chi connectivity index (χ1v) is 5.69. The third-order valence-electron chi connectivity index (χ3n) is 1.92. The van der Waals surface area contributed by atoms with Gasteiger partial charge in [-0.2, -0.15) is 4.98 Å². The van der Waals surface area contributed by atoms with E-state index in [1.807, 2.05) is 12.2 Å². The lowest BCUT2D eigenvalue weighted by atomic mass is 10.2. The standard InChI is InChI=1S/C11H10N2OS/c1-15-10-5-2-9(3-6-10)4-7-11-12-8-14-13-11/h2-8H,1H3/b7-4+. The van der Waals surface area contributed by atoms with Gasteiger partial charge in [0.05, 0.1) is 0 Å². The fraction of sp³-hybridized carbons (Fsp3) is 0.0909. The molecule has 0 aliphatic carbocycles. The van der Waals surface area contributed by atoms with Crippen molar-refractivity contribution in [1.29, 1.82) is 0 Å². The highest BCUT2D eigenvalue weighted by atomic mass is 32.2. The Morgan fingerprint density at radius 3 is 2.60 bits per heavy atom. The third-order valence-corrected chi connectivity index (χ3v) is 2.66. The van der Waals surface area contributed by atoms with Crippen molar-refractivity contribution in [3.05, 3.63) is 42.0 Å². The van der Waals surface area contributed by atoms with Crippen molar-refractivity contribution in [2.24, 2.45) is 0 Å². The van der Waals surface area contributed by atoms with Crippen molar-refractivity contribution in [2.75, 3.05) is 6.26 Å². The first-order valence-electron chi connectivity index (χ1n) is 4.47. The second-order valence-electron chi connectivity index (χ2n) is 2.90. The lowest BCUT2D eigenvalue weighted by Gasteiger charge is -1.95. The number of nitrogens with zero attached hydrogens (tertiary/aromatic N) is 2. The van der Waals surface area contributed by atoms with E-state index >= 15 is 0 Å². The number of hydrogen-bond donors (Lipinski definition) is 0. The summed E-state index contributed by atoms with van der Waals surface area (Å²) in [5.74, 6) is 0.587. The minimum atomic E-state index is 0.587. The maximum atomic E-state index is 4.62. The quantitative estimate of drug-likeness (QED) is 0.742. The molecule has 2 aromatic rings. The molecule has 3 nitrogen and oxygen atoms in total. The van der Waals surface area contributed by atoms with Crippen molar-refractivity contribution in [3.8, 4) is 0 Å². The van der Waals surface area contributed by atoms with E-state index in [0.717, 1.165) is 5.56 Å². The van der Waals surface area contributed by atoms with Crippen LogP contribution in [0.4, 0.5) is 0 Å². The van der Waals surface area contributed by atoms with Crippen LogP contribution in [0.1, 0.15) is 11.4 Å². The highest BCUT2D eigenvalue weighted by molar-refractivity contribution is 7.98. The predicted octanol–water partition coefficient (Wildman–Crippen LogP) is 2.96. The molecule has 76 valence electrons. The minimum Gasteiger partial charge on any atom is -0.342 e. The summed E-state index contributed by atoms with van der Waals surface area (Å²) in [5, 5.41) is 3.69. The molecule has 0 radical (unpaired) electrons. The largest absolute Gasteiger partial charge is 0.342 e. The van der Waals surface area contributed by atoms with Gasteiger partial charge in [0.15, 0.2) is 5.82 Å². The lowest BCUT2D eigenvalue weighted by Crippen LogP contribution is -1.75. The van der Waals surface area contributed by atoms with E-state index in [-0.39, 0.29) is 0 Å². The van der Waals surface area contributed by atoms with E-state index in [9.17, 15) is 0 Å². The average Bonchev–Trinajstić information content (AvgIpc) is 2.80. The molecule has 1 heterocycles. The Kier molecular flexibility index (Phi) is 3.19. The number of aromatic nitrogens is 2. The molecule has 0 bridgehead atoms. The smallest absolute Gasteiger partial charge is 0.214 e. The van der Waals surface area contributed by atoms with Crippen LogP contribution in [0.2, 0.25) is 0 Å². The van der Waals surface area contributed by atoms with Crippen LogP contribution in [0.5, 0.6) is 0 Å². The van der Waals surface area contributed by atoms with Crippen LogP contribution in [0.25, 0.3) is 12.2 Å². The maximum Gasteiger partial charge on any atom is 0.214 e. The van der Waals surface area contributed by atoms with Crippen molar-refractivity contribution < 1.29 is 4.52 Å². The summed E-state index contributed by atoms with van der Waals surface area (Å²) in [6.45, 7) is 0. The monoisotopic (exact) mass is 218 g/mol. The van der Waals surface area contributed by atoms with E-state index < -0.39 is 0 Å². The van der Waals surface area contributed by atoms with Gasteiger partial charge in [0.1, 0.15) is 0 Å². The molecule has 0 unspecified atom stereocenters. The Hall–Kier alpha value is -1.55. The Bertz CT molecular complexity index is 434. The Balaban J connectivity index is 2.11. The van der Waals surface area contributed by atoms with E-state index in [4.69, 9.17) is 0 Å². The number of rotatable bonds is 3. The SMILES string of the molecule is CSc1ccc(/C=C/c2ncon2)cc1. The molecular weight excluding hydrogens is 208 g/mol. The van der Waals surface area contributed by atoms with Gasteiger partial charge in [0.25, 0.3) is 0 Å². The van der Waals surface area contributed by atoms with Crippen LogP contribution < -0.4 is 0 Å². The molecular formula is C11H10N2OS. The lowest BCUT2D eigenvalue weighted by molar-refractivity contribution is 0.415. The van der Waals surface area contributed by atoms with Crippen LogP contribution in [0.15, 0.2) is 40.1 Å². The average molecular weight is 218 g/mol. The Labute approximate surface area is 92.2 Å². The first kappa shape index (κ1) is 9.98. The van der Waals surface area contributed by atoms with Crippen LogP contribution in [0, 0.1) is 0 Å². The van der Waals surface area contributed by atoms with Crippen LogP contribution in [-0.4, -0.2) is 16.4 Å². The van der Waals surface area contributed by atoms with E-state index in [2.05, 4.69) is 45.2 Å². The Morgan fingerprint density at radius 2 is 2.00 bits per heavy atom. The second-order valence-corrected chi connectivity index (χ2v) is 3.78. The molecule has 0 amide bonds. The zero-order valence-corrected chi connectivity index (χ0v) is 9.07. The molecule has 1 aromatic heterocycles. The molecule has 15 heavy (non-hydrogen) atoms. The molecule has 0 aliphatic heterocycles. The van der Waals surface area contributed by atoms with Crippen LogP contribution >= 0.6 is 11.8 Å². The third kappa shape index (κ3) is 2.70. The van der Waals surface area contributed by atoms with E-state index in [1.165, 1.54) is 11.3 Å². The van der Waals surface area contributed by atoms with Gasteiger partial charge in [-0.3, -0.25) is 0 Å². The summed E-state index contributed by atoms with van der Waals surface area (Å²) in [4.78, 5) is 5.15. The normalized spacial score (nSPS) is 11.0. The summed E-state index contributed by atoms with van der Waals surface area (Å²) >= 11 is 1.73. The van der Waals surface area contributed by atoms with Gasteiger partial charge in [0.2, 0.25) is 6.39 Å². The van der Waals surface area contributed by atoms with Gasteiger partial charge >= 0.3 is 0 Å². The molecule has 1 aromatic carbocycles. The summed E-state index contributed by atoms with van der Waals surface area (Å²) in [6.07, 6.45) is 7.15. The molecule has 0 fully saturated rings. The van der Waals surface area contributed by atoms with Crippen LogP contribution in [0.3, 0.4) is 0 Å². The van der Waals surface area contributed by atoms with Gasteiger partial charge in [-0.1, -0.05) is 23.4 Å². The Morgan fingerprint density at radius 1 is 1.20 bits per heavy atom. The summed E-state index contributed by atoms with van der Waals surface area (Å²) in [6, 6.07) is 8.28. The van der Waals surface area contributed by atoms with E-state index in [0.29, 0.717) is 5.82 Å². The van der Waals surface area contributed by atoms with Crippen molar-refractivity contribution in [2.45, 2.75) is 4.90 Å². The fourth-order valence-corrected chi connectivity index (χ4v) is 1.55. The zero-order valence-electron chi connectivity index (χ0n) is 8.25. The number of thioether (sulfide) groups is 1. The van der Waals surface area contributed by atoms with E-state index in [1.54, 1.807) is 11.8 Å². The molecule has 4 heteroatoms. The predicted molar refractivity (Wildman–Crippen MR) is 61.4 cm³/mol. The van der Waals surface area contributed by atoms with Crippen molar-refractivity contribution in [3.63, 3.8) is 0 Å². The van der Waals surface area contributed by atoms with Gasteiger partial charge < -0.3 is 4.52 Å². The topological polar surface area (TPSA) is 38.9 Å². The van der Waals surface area contributed by atoms with Crippen LogP contribution in [-0.2, 0) is 0 Å². The molecule has 0 spiro atoms. The summed E-state index contributed by atoms with van der Waals surface area (Å²) in [5.41, 5.74) is 1.12. The van der Waals surface area contributed by atoms with Gasteiger partial charge in [0, 0.05) is 4.90 Å². The minimum absolute atomic E-state index is 0.587. The van der Waals surface area contributed by atoms with Gasteiger partial charge in [-0.05, 0) is 30.0 Å². The highest BCUT2D eigenvalue weighted by Gasteiger charge is 1.92. The number of hydrogen-bond acceptors (Lipinski definition) is 4. The van der Waals surface area contributed by atoms with Gasteiger partial charge in [-0.15, -0.1) is 11.8 Å². The first-order chi connectivity index (χ1) is 7.38.